The van der Waals surface area contributed by atoms with E-state index in [2.05, 4.69) is 39.6 Å². The molecule has 0 aliphatic heterocycles. The van der Waals surface area contributed by atoms with E-state index in [1.54, 1.807) is 0 Å². The number of hydrogen-bond acceptors (Lipinski definition) is 8. The van der Waals surface area contributed by atoms with Gasteiger partial charge in [-0.1, -0.05) is 33.8 Å². The molecule has 2 rings (SSSR count). The molecule has 2 aromatic rings. The Kier molecular flexibility index (Phi) is 12.6. The first-order chi connectivity index (χ1) is 18.7. The second-order valence-electron chi connectivity index (χ2n) is 12.1. The van der Waals surface area contributed by atoms with Gasteiger partial charge in [0.1, 0.15) is 17.6 Å². The van der Waals surface area contributed by atoms with Gasteiger partial charge in [-0.2, -0.15) is 0 Å². The Labute approximate surface area is 239 Å². The number of aromatic nitrogens is 2. The summed E-state index contributed by atoms with van der Waals surface area (Å²) in [5.41, 5.74) is 1.69. The molecule has 0 spiro atoms. The Balaban J connectivity index is 1.99. The third-order valence-electron chi connectivity index (χ3n) is 6.56. The zero-order chi connectivity index (χ0) is 29.9. The van der Waals surface area contributed by atoms with Crippen LogP contribution in [-0.4, -0.2) is 76.8 Å². The number of pyridine rings is 1. The lowest BCUT2D eigenvalue weighted by atomic mass is 9.91. The number of ether oxygens (including phenoxy) is 1. The van der Waals surface area contributed by atoms with E-state index in [-0.39, 0.29) is 17.7 Å². The molecule has 2 aromatic heterocycles. The number of aryl methyl sites for hydroxylation is 2. The SMILES string of the molecule is CCc1ccc(CCCCN(CCOC(C)(C)C)CCC(NC(=O)c2ncoc2C(C)(C)C)C(=O)O)nc1NC. The van der Waals surface area contributed by atoms with Crippen molar-refractivity contribution in [2.24, 2.45) is 0 Å². The van der Waals surface area contributed by atoms with Crippen molar-refractivity contribution in [3.8, 4) is 0 Å². The number of oxazole rings is 1. The quantitative estimate of drug-likeness (QED) is 0.251. The van der Waals surface area contributed by atoms with Crippen molar-refractivity contribution in [3.05, 3.63) is 41.2 Å². The number of nitrogens with zero attached hydrogens (tertiary/aromatic N) is 3. The minimum absolute atomic E-state index is 0.121. The third kappa shape index (κ3) is 10.9. The molecule has 10 heteroatoms. The highest BCUT2D eigenvalue weighted by atomic mass is 16.5. The molecule has 0 radical (unpaired) electrons. The summed E-state index contributed by atoms with van der Waals surface area (Å²) in [6.45, 7) is 16.4. The first-order valence-corrected chi connectivity index (χ1v) is 14.3. The summed E-state index contributed by atoms with van der Waals surface area (Å²) in [5.74, 6) is -0.267. The fourth-order valence-electron chi connectivity index (χ4n) is 4.36. The van der Waals surface area contributed by atoms with Crippen LogP contribution in [0.25, 0.3) is 0 Å². The lowest BCUT2D eigenvalue weighted by Crippen LogP contribution is -2.44. The normalized spacial score (nSPS) is 12.9. The highest BCUT2D eigenvalue weighted by Crippen LogP contribution is 2.25. The summed E-state index contributed by atoms with van der Waals surface area (Å²) >= 11 is 0. The Hall–Kier alpha value is -2.98. The van der Waals surface area contributed by atoms with Gasteiger partial charge in [0, 0.05) is 31.2 Å². The number of rotatable bonds is 16. The number of carboxylic acid groups (broad SMARTS) is 1. The summed E-state index contributed by atoms with van der Waals surface area (Å²) in [4.78, 5) is 35.9. The van der Waals surface area contributed by atoms with Crippen LogP contribution in [0.4, 0.5) is 5.82 Å². The standard InChI is InChI=1S/C30H49N5O5/c1-9-21-13-14-22(33-26(21)31-8)12-10-11-16-35(18-19-40-30(5,6)7)17-15-23(28(37)38)34-27(36)24-25(29(2,3)4)39-20-32-24/h13-14,20,23H,9-12,15-19H2,1-8H3,(H,31,33)(H,34,36)(H,37,38). The number of aliphatic carboxylic acids is 1. The molecule has 224 valence electrons. The maximum atomic E-state index is 12.9. The van der Waals surface area contributed by atoms with Gasteiger partial charge in [-0.25, -0.2) is 14.8 Å². The summed E-state index contributed by atoms with van der Waals surface area (Å²) in [5, 5.41) is 15.7. The predicted molar refractivity (Wildman–Crippen MR) is 157 cm³/mol. The zero-order valence-electron chi connectivity index (χ0n) is 25.6. The number of hydrogen-bond donors (Lipinski definition) is 3. The molecule has 0 saturated carbocycles. The summed E-state index contributed by atoms with van der Waals surface area (Å²) in [6, 6.07) is 3.17. The molecule has 0 fully saturated rings. The second kappa shape index (κ2) is 15.1. The minimum Gasteiger partial charge on any atom is -0.480 e. The third-order valence-corrected chi connectivity index (χ3v) is 6.56. The molecule has 2 heterocycles. The van der Waals surface area contributed by atoms with Crippen LogP contribution in [0.15, 0.2) is 22.9 Å². The van der Waals surface area contributed by atoms with Gasteiger partial charge in [-0.15, -0.1) is 0 Å². The van der Waals surface area contributed by atoms with Gasteiger partial charge in [0.25, 0.3) is 5.91 Å². The van der Waals surface area contributed by atoms with E-state index in [0.717, 1.165) is 43.7 Å². The smallest absolute Gasteiger partial charge is 0.326 e. The first-order valence-electron chi connectivity index (χ1n) is 14.3. The molecule has 1 amide bonds. The molecule has 1 atom stereocenters. The Morgan fingerprint density at radius 1 is 1.10 bits per heavy atom. The van der Waals surface area contributed by atoms with Crippen LogP contribution >= 0.6 is 0 Å². The Morgan fingerprint density at radius 3 is 2.42 bits per heavy atom. The van der Waals surface area contributed by atoms with Crippen molar-refractivity contribution in [2.75, 3.05) is 38.6 Å². The van der Waals surface area contributed by atoms with E-state index in [4.69, 9.17) is 14.1 Å². The van der Waals surface area contributed by atoms with Crippen LogP contribution in [0.5, 0.6) is 0 Å². The van der Waals surface area contributed by atoms with E-state index in [1.165, 1.54) is 12.0 Å². The summed E-state index contributed by atoms with van der Waals surface area (Å²) < 4.78 is 11.4. The predicted octanol–water partition coefficient (Wildman–Crippen LogP) is 4.68. The summed E-state index contributed by atoms with van der Waals surface area (Å²) in [6.07, 6.45) is 5.16. The van der Waals surface area contributed by atoms with Crippen LogP contribution in [0.1, 0.15) is 95.2 Å². The molecular weight excluding hydrogens is 510 g/mol. The maximum absolute atomic E-state index is 12.9. The van der Waals surface area contributed by atoms with Crippen LogP contribution in [0.2, 0.25) is 0 Å². The lowest BCUT2D eigenvalue weighted by molar-refractivity contribution is -0.139. The van der Waals surface area contributed by atoms with Crippen molar-refractivity contribution >= 4 is 17.7 Å². The summed E-state index contributed by atoms with van der Waals surface area (Å²) in [7, 11) is 1.89. The van der Waals surface area contributed by atoms with Crippen molar-refractivity contribution in [2.45, 2.75) is 97.6 Å². The Morgan fingerprint density at radius 2 is 1.82 bits per heavy atom. The number of nitrogens with one attached hydrogen (secondary N) is 2. The molecule has 0 bridgehead atoms. The number of unbranched alkanes of at least 4 members (excludes halogenated alkanes) is 1. The fraction of sp³-hybridized carbons (Fsp3) is 0.667. The lowest BCUT2D eigenvalue weighted by Gasteiger charge is -2.27. The second-order valence-corrected chi connectivity index (χ2v) is 12.1. The Bertz CT molecular complexity index is 1090. The van der Waals surface area contributed by atoms with Crippen molar-refractivity contribution in [1.29, 1.82) is 0 Å². The van der Waals surface area contributed by atoms with Gasteiger partial charge in [0.15, 0.2) is 12.1 Å². The molecule has 0 aliphatic carbocycles. The topological polar surface area (TPSA) is 130 Å². The number of carbonyl (C=O) groups excluding carboxylic acids is 1. The van der Waals surface area contributed by atoms with Crippen LogP contribution in [-0.2, 0) is 27.8 Å². The van der Waals surface area contributed by atoms with Gasteiger partial charge in [-0.3, -0.25) is 4.79 Å². The van der Waals surface area contributed by atoms with E-state index in [9.17, 15) is 14.7 Å². The maximum Gasteiger partial charge on any atom is 0.326 e. The first kappa shape index (κ1) is 33.2. The van der Waals surface area contributed by atoms with Gasteiger partial charge in [-0.05, 0) is 71.0 Å². The molecular formula is C30H49N5O5. The molecule has 0 aliphatic rings. The highest BCUT2D eigenvalue weighted by molar-refractivity contribution is 5.96. The highest BCUT2D eigenvalue weighted by Gasteiger charge is 2.30. The van der Waals surface area contributed by atoms with Gasteiger partial charge in [0.2, 0.25) is 0 Å². The molecule has 40 heavy (non-hydrogen) atoms. The largest absolute Gasteiger partial charge is 0.480 e. The van der Waals surface area contributed by atoms with Crippen LogP contribution in [0, 0.1) is 0 Å². The monoisotopic (exact) mass is 559 g/mol. The fourth-order valence-corrected chi connectivity index (χ4v) is 4.36. The molecule has 1 unspecified atom stereocenters. The number of anilines is 1. The molecule has 0 aromatic carbocycles. The number of carbonyl (C=O) groups is 2. The molecule has 10 nitrogen and oxygen atoms in total. The van der Waals surface area contributed by atoms with Crippen molar-refractivity contribution < 1.29 is 23.8 Å². The molecule has 0 saturated heterocycles. The van der Waals surface area contributed by atoms with Crippen molar-refractivity contribution in [1.82, 2.24) is 20.2 Å². The van der Waals surface area contributed by atoms with Gasteiger partial charge in [0.05, 0.1) is 12.2 Å². The average molecular weight is 560 g/mol. The minimum atomic E-state index is -1.08. The van der Waals surface area contributed by atoms with Gasteiger partial charge < -0.3 is 29.8 Å². The van der Waals surface area contributed by atoms with E-state index in [1.807, 2.05) is 48.6 Å². The van der Waals surface area contributed by atoms with E-state index < -0.39 is 23.3 Å². The number of carboxylic acids is 1. The molecule has 3 N–H and O–H groups in total. The number of amides is 1. The average Bonchev–Trinajstić information content (AvgIpc) is 3.38. The van der Waals surface area contributed by atoms with Gasteiger partial charge >= 0.3 is 5.97 Å². The zero-order valence-corrected chi connectivity index (χ0v) is 25.6. The van der Waals surface area contributed by atoms with E-state index >= 15 is 0 Å². The van der Waals surface area contributed by atoms with Crippen LogP contribution < -0.4 is 10.6 Å². The van der Waals surface area contributed by atoms with Crippen molar-refractivity contribution in [3.63, 3.8) is 0 Å². The van der Waals surface area contributed by atoms with Crippen LogP contribution in [0.3, 0.4) is 0 Å². The van der Waals surface area contributed by atoms with E-state index in [0.29, 0.717) is 25.5 Å².